The zero-order chi connectivity index (χ0) is 18.8. The number of benzene rings is 2. The van der Waals surface area contributed by atoms with Crippen molar-refractivity contribution in [3.8, 4) is 0 Å². The van der Waals surface area contributed by atoms with Crippen LogP contribution in [0.2, 0.25) is 0 Å². The van der Waals surface area contributed by atoms with Crippen molar-refractivity contribution in [1.29, 1.82) is 0 Å². The van der Waals surface area contributed by atoms with E-state index in [1.807, 2.05) is 13.8 Å². The van der Waals surface area contributed by atoms with Gasteiger partial charge in [0.25, 0.3) is 17.7 Å². The number of fused-ring (bicyclic) bond motifs is 1. The van der Waals surface area contributed by atoms with Crippen LogP contribution in [0.1, 0.15) is 51.3 Å². The number of hydrogen-bond donors (Lipinski definition) is 1. The van der Waals surface area contributed by atoms with Crippen LogP contribution in [0.25, 0.3) is 0 Å². The summed E-state index contributed by atoms with van der Waals surface area (Å²) in [6, 6.07) is 9.83. The Morgan fingerprint density at radius 2 is 1.69 bits per heavy atom. The van der Waals surface area contributed by atoms with Crippen molar-refractivity contribution < 1.29 is 18.8 Å². The second-order valence-corrected chi connectivity index (χ2v) is 6.67. The van der Waals surface area contributed by atoms with Crippen molar-refractivity contribution in [3.63, 3.8) is 0 Å². The molecule has 0 bridgehead atoms. The number of imide groups is 1. The lowest BCUT2D eigenvalue weighted by atomic mass is 10.1. The normalized spacial score (nSPS) is 13.3. The number of halogens is 1. The lowest BCUT2D eigenvalue weighted by Crippen LogP contribution is -2.31. The third kappa shape index (κ3) is 3.49. The van der Waals surface area contributed by atoms with Crippen molar-refractivity contribution in [2.75, 3.05) is 11.9 Å². The van der Waals surface area contributed by atoms with E-state index in [9.17, 15) is 18.8 Å². The first-order chi connectivity index (χ1) is 12.4. The van der Waals surface area contributed by atoms with E-state index in [1.165, 1.54) is 47.4 Å². The van der Waals surface area contributed by atoms with Crippen LogP contribution in [0.5, 0.6) is 0 Å². The molecule has 0 fully saturated rings. The molecule has 2 aromatic carbocycles. The minimum Gasteiger partial charge on any atom is -0.322 e. The molecule has 0 saturated carbocycles. The molecule has 0 unspecified atom stereocenters. The van der Waals surface area contributed by atoms with E-state index in [1.54, 1.807) is 0 Å². The van der Waals surface area contributed by atoms with Gasteiger partial charge < -0.3 is 5.32 Å². The summed E-state index contributed by atoms with van der Waals surface area (Å²) in [5.74, 6) is -1.15. The van der Waals surface area contributed by atoms with Crippen LogP contribution in [-0.4, -0.2) is 29.2 Å². The van der Waals surface area contributed by atoms with Crippen molar-refractivity contribution in [2.45, 2.75) is 20.3 Å². The molecule has 6 heteroatoms. The van der Waals surface area contributed by atoms with E-state index in [2.05, 4.69) is 5.32 Å². The molecule has 0 aliphatic carbocycles. The van der Waals surface area contributed by atoms with Gasteiger partial charge in [-0.2, -0.15) is 0 Å². The van der Waals surface area contributed by atoms with Gasteiger partial charge in [0.15, 0.2) is 0 Å². The van der Waals surface area contributed by atoms with Crippen LogP contribution in [0.4, 0.5) is 10.1 Å². The second kappa shape index (κ2) is 7.07. The van der Waals surface area contributed by atoms with E-state index in [0.717, 1.165) is 6.42 Å². The molecule has 0 spiro atoms. The maximum atomic E-state index is 12.9. The highest BCUT2D eigenvalue weighted by molar-refractivity contribution is 6.22. The summed E-state index contributed by atoms with van der Waals surface area (Å²) in [5, 5.41) is 2.64. The average Bonchev–Trinajstić information content (AvgIpc) is 2.85. The summed E-state index contributed by atoms with van der Waals surface area (Å²) < 4.78 is 12.9. The Balaban J connectivity index is 1.79. The maximum Gasteiger partial charge on any atom is 0.261 e. The Labute approximate surface area is 150 Å². The molecule has 1 aliphatic heterocycles. The van der Waals surface area contributed by atoms with E-state index < -0.39 is 11.7 Å². The molecule has 0 atom stereocenters. The van der Waals surface area contributed by atoms with Crippen molar-refractivity contribution in [2.24, 2.45) is 5.92 Å². The molecule has 1 heterocycles. The Hall–Kier alpha value is -3.02. The number of hydrogen-bond acceptors (Lipinski definition) is 3. The van der Waals surface area contributed by atoms with Gasteiger partial charge in [0.1, 0.15) is 5.82 Å². The molecule has 26 heavy (non-hydrogen) atoms. The number of amides is 3. The molecular weight excluding hydrogens is 335 g/mol. The molecule has 1 aliphatic rings. The standard InChI is InChI=1S/C20H19FN2O3/c1-12(2)9-10-23-19(25)16-8-3-13(11-17(16)20(23)26)18(24)22-15-6-4-14(21)5-7-15/h3-8,11-12H,9-10H2,1-2H3,(H,22,24). The Morgan fingerprint density at radius 1 is 1.04 bits per heavy atom. The largest absolute Gasteiger partial charge is 0.322 e. The summed E-state index contributed by atoms with van der Waals surface area (Å²) in [7, 11) is 0. The number of nitrogens with zero attached hydrogens (tertiary/aromatic N) is 1. The van der Waals surface area contributed by atoms with Crippen LogP contribution in [-0.2, 0) is 0 Å². The maximum absolute atomic E-state index is 12.9. The topological polar surface area (TPSA) is 66.5 Å². The number of rotatable bonds is 5. The summed E-state index contributed by atoms with van der Waals surface area (Å²) in [6.07, 6.45) is 0.726. The van der Waals surface area contributed by atoms with Gasteiger partial charge in [-0.05, 0) is 54.8 Å². The van der Waals surface area contributed by atoms with E-state index in [0.29, 0.717) is 23.7 Å². The first-order valence-electron chi connectivity index (χ1n) is 8.44. The van der Waals surface area contributed by atoms with Crippen LogP contribution >= 0.6 is 0 Å². The van der Waals surface area contributed by atoms with Crippen LogP contribution in [0, 0.1) is 11.7 Å². The molecule has 3 amide bonds. The van der Waals surface area contributed by atoms with Crippen LogP contribution in [0.15, 0.2) is 42.5 Å². The SMILES string of the molecule is CC(C)CCN1C(=O)c2ccc(C(=O)Nc3ccc(F)cc3)cc2C1=O. The van der Waals surface area contributed by atoms with Gasteiger partial charge in [-0.3, -0.25) is 19.3 Å². The lowest BCUT2D eigenvalue weighted by Gasteiger charge is -2.14. The first kappa shape index (κ1) is 17.8. The highest BCUT2D eigenvalue weighted by atomic mass is 19.1. The quantitative estimate of drug-likeness (QED) is 0.832. The Kier molecular flexibility index (Phi) is 4.84. The molecule has 0 aromatic heterocycles. The van der Waals surface area contributed by atoms with Gasteiger partial charge in [0.05, 0.1) is 11.1 Å². The minimum absolute atomic E-state index is 0.241. The number of carbonyl (C=O) groups is 3. The van der Waals surface area contributed by atoms with Crippen molar-refractivity contribution in [3.05, 3.63) is 65.0 Å². The van der Waals surface area contributed by atoms with Gasteiger partial charge in [-0.1, -0.05) is 13.8 Å². The highest BCUT2D eigenvalue weighted by Gasteiger charge is 2.35. The lowest BCUT2D eigenvalue weighted by molar-refractivity contribution is 0.0647. The van der Waals surface area contributed by atoms with Crippen LogP contribution < -0.4 is 5.32 Å². The number of carbonyl (C=O) groups excluding carboxylic acids is 3. The molecule has 3 rings (SSSR count). The Morgan fingerprint density at radius 3 is 2.35 bits per heavy atom. The molecule has 0 radical (unpaired) electrons. The second-order valence-electron chi connectivity index (χ2n) is 6.67. The zero-order valence-electron chi connectivity index (χ0n) is 14.6. The molecular formula is C20H19FN2O3. The molecule has 5 nitrogen and oxygen atoms in total. The van der Waals surface area contributed by atoms with Gasteiger partial charge in [0.2, 0.25) is 0 Å². The zero-order valence-corrected chi connectivity index (χ0v) is 14.6. The molecule has 134 valence electrons. The predicted octanol–water partition coefficient (Wildman–Crippen LogP) is 3.72. The fraction of sp³-hybridized carbons (Fsp3) is 0.250. The fourth-order valence-electron chi connectivity index (χ4n) is 2.76. The summed E-state index contributed by atoms with van der Waals surface area (Å²) in [4.78, 5) is 38.5. The van der Waals surface area contributed by atoms with Gasteiger partial charge in [-0.15, -0.1) is 0 Å². The van der Waals surface area contributed by atoms with Crippen molar-refractivity contribution in [1.82, 2.24) is 4.90 Å². The summed E-state index contributed by atoms with van der Waals surface area (Å²) in [5.41, 5.74) is 1.26. The van der Waals surface area contributed by atoms with Crippen molar-refractivity contribution >= 4 is 23.4 Å². The first-order valence-corrected chi connectivity index (χ1v) is 8.44. The Bertz CT molecular complexity index is 875. The fourth-order valence-corrected chi connectivity index (χ4v) is 2.76. The van der Waals surface area contributed by atoms with Gasteiger partial charge >= 0.3 is 0 Å². The third-order valence-corrected chi connectivity index (χ3v) is 4.27. The monoisotopic (exact) mass is 354 g/mol. The summed E-state index contributed by atoms with van der Waals surface area (Å²) in [6.45, 7) is 4.41. The number of nitrogens with one attached hydrogen (secondary N) is 1. The smallest absolute Gasteiger partial charge is 0.261 e. The minimum atomic E-state index is -0.430. The highest BCUT2D eigenvalue weighted by Crippen LogP contribution is 2.25. The molecule has 2 aromatic rings. The van der Waals surface area contributed by atoms with Gasteiger partial charge in [-0.25, -0.2) is 4.39 Å². The van der Waals surface area contributed by atoms with E-state index >= 15 is 0 Å². The number of anilines is 1. The molecule has 1 N–H and O–H groups in total. The third-order valence-electron chi connectivity index (χ3n) is 4.27. The van der Waals surface area contributed by atoms with E-state index in [4.69, 9.17) is 0 Å². The predicted molar refractivity (Wildman–Crippen MR) is 95.6 cm³/mol. The molecule has 0 saturated heterocycles. The van der Waals surface area contributed by atoms with Gasteiger partial charge in [0, 0.05) is 17.8 Å². The van der Waals surface area contributed by atoms with Crippen LogP contribution in [0.3, 0.4) is 0 Å². The summed E-state index contributed by atoms with van der Waals surface area (Å²) >= 11 is 0. The average molecular weight is 354 g/mol. The van der Waals surface area contributed by atoms with E-state index in [-0.39, 0.29) is 22.9 Å².